The zero-order chi connectivity index (χ0) is 15.1. The molecular weight excluding hydrogens is 266 g/mol. The van der Waals surface area contributed by atoms with Gasteiger partial charge in [-0.15, -0.1) is 0 Å². The molecule has 118 valence electrons. The molecule has 6 heteroatoms. The van der Waals surface area contributed by atoms with Crippen molar-refractivity contribution in [3.05, 3.63) is 11.9 Å². The highest BCUT2D eigenvalue weighted by atomic mass is 16.3. The summed E-state index contributed by atoms with van der Waals surface area (Å²) in [6, 6.07) is 0. The Morgan fingerprint density at radius 3 is 2.86 bits per heavy atom. The van der Waals surface area contributed by atoms with Gasteiger partial charge in [-0.2, -0.15) is 0 Å². The molecular formula is C15H27N5O. The van der Waals surface area contributed by atoms with Crippen LogP contribution in [0.15, 0.2) is 6.33 Å². The van der Waals surface area contributed by atoms with E-state index in [-0.39, 0.29) is 6.61 Å². The molecule has 1 fully saturated rings. The van der Waals surface area contributed by atoms with Gasteiger partial charge in [0.05, 0.1) is 6.61 Å². The summed E-state index contributed by atoms with van der Waals surface area (Å²) < 4.78 is 0. The normalized spacial score (nSPS) is 16.8. The number of aliphatic hydroxyl groups excluding tert-OH is 1. The molecule has 0 unspecified atom stereocenters. The van der Waals surface area contributed by atoms with E-state index in [4.69, 9.17) is 5.11 Å². The molecule has 6 nitrogen and oxygen atoms in total. The fraction of sp³-hybridized carbons (Fsp3) is 0.733. The molecule has 2 rings (SSSR count). The first-order chi connectivity index (χ1) is 10.3. The van der Waals surface area contributed by atoms with Crippen LogP contribution >= 0.6 is 0 Å². The first-order valence-corrected chi connectivity index (χ1v) is 7.90. The summed E-state index contributed by atoms with van der Waals surface area (Å²) >= 11 is 0. The van der Waals surface area contributed by atoms with Crippen molar-refractivity contribution in [3.8, 4) is 0 Å². The Balaban J connectivity index is 2.07. The second kappa shape index (κ2) is 8.14. The van der Waals surface area contributed by atoms with Gasteiger partial charge in [-0.05, 0) is 26.3 Å². The summed E-state index contributed by atoms with van der Waals surface area (Å²) in [4.78, 5) is 13.5. The van der Waals surface area contributed by atoms with Crippen LogP contribution in [-0.4, -0.2) is 65.8 Å². The lowest BCUT2D eigenvalue weighted by molar-refractivity contribution is 0.204. The number of rotatable bonds is 6. The number of hydrogen-bond acceptors (Lipinski definition) is 6. The minimum atomic E-state index is 0.234. The minimum absolute atomic E-state index is 0.234. The van der Waals surface area contributed by atoms with Crippen molar-refractivity contribution >= 4 is 11.6 Å². The maximum atomic E-state index is 9.07. The first-order valence-electron chi connectivity index (χ1n) is 7.90. The van der Waals surface area contributed by atoms with E-state index in [1.54, 1.807) is 6.33 Å². The molecule has 2 N–H and O–H groups in total. The Labute approximate surface area is 127 Å². The summed E-state index contributed by atoms with van der Waals surface area (Å²) in [6.45, 7) is 10.1. The van der Waals surface area contributed by atoms with Gasteiger partial charge in [-0.3, -0.25) is 4.90 Å². The number of anilines is 2. The van der Waals surface area contributed by atoms with Crippen LogP contribution in [-0.2, 0) is 0 Å². The van der Waals surface area contributed by atoms with Crippen LogP contribution in [0, 0.1) is 6.92 Å². The molecule has 0 aliphatic carbocycles. The summed E-state index contributed by atoms with van der Waals surface area (Å²) in [5.41, 5.74) is 1.13. The van der Waals surface area contributed by atoms with Gasteiger partial charge in [-0.25, -0.2) is 9.97 Å². The first kappa shape index (κ1) is 16.0. The third-order valence-corrected chi connectivity index (χ3v) is 3.90. The van der Waals surface area contributed by atoms with Gasteiger partial charge < -0.3 is 15.3 Å². The van der Waals surface area contributed by atoms with Crippen LogP contribution in [0.2, 0.25) is 0 Å². The number of aliphatic hydroxyl groups is 1. The van der Waals surface area contributed by atoms with Gasteiger partial charge in [0.15, 0.2) is 0 Å². The highest BCUT2D eigenvalue weighted by molar-refractivity contribution is 5.57. The summed E-state index contributed by atoms with van der Waals surface area (Å²) in [5, 5.41) is 12.4. The van der Waals surface area contributed by atoms with Crippen LogP contribution in [0.25, 0.3) is 0 Å². The number of nitrogens with zero attached hydrogens (tertiary/aromatic N) is 4. The molecule has 0 atom stereocenters. The predicted octanol–water partition coefficient (Wildman–Crippen LogP) is 1.11. The number of β-amino-alcohol motifs (C(OH)–C–C–N with tert-alkyl or cyclic N) is 1. The van der Waals surface area contributed by atoms with E-state index < -0.39 is 0 Å². The molecule has 0 amide bonds. The number of hydrogen-bond donors (Lipinski definition) is 2. The monoisotopic (exact) mass is 293 g/mol. The van der Waals surface area contributed by atoms with Gasteiger partial charge in [-0.1, -0.05) is 6.92 Å². The van der Waals surface area contributed by atoms with Crippen molar-refractivity contribution < 1.29 is 5.11 Å². The molecule has 0 saturated carbocycles. The molecule has 0 bridgehead atoms. The Morgan fingerprint density at radius 2 is 2.10 bits per heavy atom. The van der Waals surface area contributed by atoms with Crippen molar-refractivity contribution in [2.24, 2.45) is 0 Å². The predicted molar refractivity (Wildman–Crippen MR) is 85.9 cm³/mol. The zero-order valence-electron chi connectivity index (χ0n) is 13.2. The van der Waals surface area contributed by atoms with E-state index in [1.807, 2.05) is 0 Å². The van der Waals surface area contributed by atoms with Crippen LogP contribution in [0.3, 0.4) is 0 Å². The Hall–Kier alpha value is -1.40. The Bertz CT molecular complexity index is 440. The molecule has 0 aromatic carbocycles. The van der Waals surface area contributed by atoms with Crippen molar-refractivity contribution in [2.75, 3.05) is 56.1 Å². The molecule has 1 aliphatic heterocycles. The van der Waals surface area contributed by atoms with E-state index >= 15 is 0 Å². The second-order valence-corrected chi connectivity index (χ2v) is 5.50. The molecule has 21 heavy (non-hydrogen) atoms. The fourth-order valence-corrected chi connectivity index (χ4v) is 2.73. The van der Waals surface area contributed by atoms with Crippen molar-refractivity contribution in [1.29, 1.82) is 0 Å². The van der Waals surface area contributed by atoms with Gasteiger partial charge in [0.25, 0.3) is 0 Å². The van der Waals surface area contributed by atoms with Gasteiger partial charge in [0.1, 0.15) is 18.0 Å². The lowest BCUT2D eigenvalue weighted by atomic mass is 10.2. The average molecular weight is 293 g/mol. The SMILES string of the molecule is CCCNc1ncnc(N2CCCN(CCO)CC2)c1C. The van der Waals surface area contributed by atoms with Crippen LogP contribution in [0.1, 0.15) is 25.3 Å². The zero-order valence-corrected chi connectivity index (χ0v) is 13.2. The third-order valence-electron chi connectivity index (χ3n) is 3.90. The van der Waals surface area contributed by atoms with E-state index in [9.17, 15) is 0 Å². The largest absolute Gasteiger partial charge is 0.395 e. The topological polar surface area (TPSA) is 64.5 Å². The smallest absolute Gasteiger partial charge is 0.137 e. The van der Waals surface area contributed by atoms with Gasteiger partial charge in [0.2, 0.25) is 0 Å². The minimum Gasteiger partial charge on any atom is -0.395 e. The summed E-state index contributed by atoms with van der Waals surface area (Å²) in [6.07, 6.45) is 3.83. The van der Waals surface area contributed by atoms with Crippen molar-refractivity contribution in [2.45, 2.75) is 26.7 Å². The van der Waals surface area contributed by atoms with Crippen molar-refractivity contribution in [3.63, 3.8) is 0 Å². The lowest BCUT2D eigenvalue weighted by Gasteiger charge is -2.24. The average Bonchev–Trinajstić information content (AvgIpc) is 2.72. The summed E-state index contributed by atoms with van der Waals surface area (Å²) in [5.74, 6) is 1.98. The highest BCUT2D eigenvalue weighted by Gasteiger charge is 2.18. The highest BCUT2D eigenvalue weighted by Crippen LogP contribution is 2.23. The molecule has 1 aromatic rings. The van der Waals surface area contributed by atoms with Gasteiger partial charge >= 0.3 is 0 Å². The molecule has 0 spiro atoms. The lowest BCUT2D eigenvalue weighted by Crippen LogP contribution is -2.33. The molecule has 2 heterocycles. The van der Waals surface area contributed by atoms with Crippen LogP contribution < -0.4 is 10.2 Å². The Kier molecular flexibility index (Phi) is 6.20. The molecule has 0 radical (unpaired) electrons. The van der Waals surface area contributed by atoms with E-state index in [0.717, 1.165) is 69.3 Å². The summed E-state index contributed by atoms with van der Waals surface area (Å²) in [7, 11) is 0. The van der Waals surface area contributed by atoms with E-state index in [0.29, 0.717) is 0 Å². The standard InChI is InChI=1S/C15H27N5O/c1-3-5-16-14-13(2)15(18-12-17-14)20-7-4-6-19(8-9-20)10-11-21/h12,21H,3-11H2,1-2H3,(H,16,17,18). The quantitative estimate of drug-likeness (QED) is 0.819. The van der Waals surface area contributed by atoms with Gasteiger partial charge in [0, 0.05) is 38.3 Å². The number of aromatic nitrogens is 2. The molecule has 1 aliphatic rings. The van der Waals surface area contributed by atoms with Crippen LogP contribution in [0.4, 0.5) is 11.6 Å². The maximum absolute atomic E-state index is 9.07. The van der Waals surface area contributed by atoms with E-state index in [1.165, 1.54) is 0 Å². The van der Waals surface area contributed by atoms with Crippen LogP contribution in [0.5, 0.6) is 0 Å². The van der Waals surface area contributed by atoms with E-state index in [2.05, 4.69) is 38.9 Å². The maximum Gasteiger partial charge on any atom is 0.137 e. The Morgan fingerprint density at radius 1 is 1.24 bits per heavy atom. The molecule has 1 saturated heterocycles. The van der Waals surface area contributed by atoms with Crippen molar-refractivity contribution in [1.82, 2.24) is 14.9 Å². The third kappa shape index (κ3) is 4.28. The number of nitrogens with one attached hydrogen (secondary N) is 1. The fourth-order valence-electron chi connectivity index (χ4n) is 2.73. The molecule has 1 aromatic heterocycles. The second-order valence-electron chi connectivity index (χ2n) is 5.50.